The Kier molecular flexibility index (Phi) is 5.46. The van der Waals surface area contributed by atoms with Gasteiger partial charge in [-0.1, -0.05) is 20.8 Å². The lowest BCUT2D eigenvalue weighted by Gasteiger charge is -2.41. The van der Waals surface area contributed by atoms with E-state index >= 15 is 0 Å². The van der Waals surface area contributed by atoms with Crippen molar-refractivity contribution in [2.24, 2.45) is 5.92 Å². The van der Waals surface area contributed by atoms with Gasteiger partial charge in [0.2, 0.25) is 0 Å². The van der Waals surface area contributed by atoms with Crippen LogP contribution in [0.4, 0.5) is 0 Å². The second-order valence-electron chi connectivity index (χ2n) is 6.22. The quantitative estimate of drug-likeness (QED) is 0.814. The molecule has 106 valence electrons. The largest absolute Gasteiger partial charge is 0.378 e. The molecule has 0 radical (unpaired) electrons. The number of nitrogens with zero attached hydrogens (tertiary/aromatic N) is 1. The van der Waals surface area contributed by atoms with Gasteiger partial charge in [0.05, 0.1) is 6.10 Å². The SMILES string of the molecule is CCCN(C1CCNC1)C1CCOC(C(C)C)C1. The average Bonchev–Trinajstić information content (AvgIpc) is 2.89. The monoisotopic (exact) mass is 254 g/mol. The highest BCUT2D eigenvalue weighted by atomic mass is 16.5. The van der Waals surface area contributed by atoms with Gasteiger partial charge in [0.1, 0.15) is 0 Å². The summed E-state index contributed by atoms with van der Waals surface area (Å²) in [6, 6.07) is 1.51. The molecular formula is C15H30N2O. The topological polar surface area (TPSA) is 24.5 Å². The van der Waals surface area contributed by atoms with E-state index in [0.29, 0.717) is 12.0 Å². The molecule has 0 amide bonds. The summed E-state index contributed by atoms with van der Waals surface area (Å²) in [5, 5.41) is 3.51. The van der Waals surface area contributed by atoms with Gasteiger partial charge in [-0.15, -0.1) is 0 Å². The summed E-state index contributed by atoms with van der Waals surface area (Å²) in [5.41, 5.74) is 0. The molecule has 3 nitrogen and oxygen atoms in total. The lowest BCUT2D eigenvalue weighted by atomic mass is 9.93. The third-order valence-corrected chi connectivity index (χ3v) is 4.49. The molecule has 0 aromatic heterocycles. The summed E-state index contributed by atoms with van der Waals surface area (Å²) in [6.07, 6.45) is 5.51. The molecular weight excluding hydrogens is 224 g/mol. The second-order valence-corrected chi connectivity index (χ2v) is 6.22. The summed E-state index contributed by atoms with van der Waals surface area (Å²) in [5.74, 6) is 0.651. The van der Waals surface area contributed by atoms with Crippen molar-refractivity contribution < 1.29 is 4.74 Å². The summed E-state index contributed by atoms with van der Waals surface area (Å²) < 4.78 is 5.92. The van der Waals surface area contributed by atoms with E-state index in [1.54, 1.807) is 0 Å². The van der Waals surface area contributed by atoms with Crippen molar-refractivity contribution in [3.63, 3.8) is 0 Å². The van der Waals surface area contributed by atoms with Gasteiger partial charge in [-0.25, -0.2) is 0 Å². The zero-order valence-electron chi connectivity index (χ0n) is 12.3. The molecule has 3 unspecified atom stereocenters. The van der Waals surface area contributed by atoms with Crippen LogP contribution in [0.2, 0.25) is 0 Å². The third kappa shape index (κ3) is 3.46. The first kappa shape index (κ1) is 14.3. The maximum atomic E-state index is 5.92. The summed E-state index contributed by atoms with van der Waals surface area (Å²) >= 11 is 0. The molecule has 0 saturated carbocycles. The first-order valence-corrected chi connectivity index (χ1v) is 7.80. The fourth-order valence-electron chi connectivity index (χ4n) is 3.42. The van der Waals surface area contributed by atoms with Crippen molar-refractivity contribution in [3.8, 4) is 0 Å². The maximum Gasteiger partial charge on any atom is 0.0612 e. The molecule has 3 atom stereocenters. The molecule has 0 aromatic rings. The van der Waals surface area contributed by atoms with Crippen molar-refractivity contribution >= 4 is 0 Å². The minimum absolute atomic E-state index is 0.470. The van der Waals surface area contributed by atoms with Gasteiger partial charge in [-0.05, 0) is 44.7 Å². The van der Waals surface area contributed by atoms with Crippen LogP contribution in [0.5, 0.6) is 0 Å². The Hall–Kier alpha value is -0.120. The minimum atomic E-state index is 0.470. The van der Waals surface area contributed by atoms with Gasteiger partial charge in [0, 0.05) is 25.2 Å². The van der Waals surface area contributed by atoms with Crippen LogP contribution in [0.25, 0.3) is 0 Å². The zero-order valence-corrected chi connectivity index (χ0v) is 12.3. The van der Waals surface area contributed by atoms with Crippen LogP contribution in [0.15, 0.2) is 0 Å². The van der Waals surface area contributed by atoms with Crippen LogP contribution in [-0.2, 0) is 4.74 Å². The summed E-state index contributed by atoms with van der Waals surface area (Å²) in [6.45, 7) is 11.5. The lowest BCUT2D eigenvalue weighted by Crippen LogP contribution is -2.49. The van der Waals surface area contributed by atoms with Crippen LogP contribution in [0.3, 0.4) is 0 Å². The Morgan fingerprint density at radius 1 is 1.28 bits per heavy atom. The number of hydrogen-bond donors (Lipinski definition) is 1. The molecule has 0 aliphatic carbocycles. The molecule has 0 spiro atoms. The third-order valence-electron chi connectivity index (χ3n) is 4.49. The van der Waals surface area contributed by atoms with E-state index in [-0.39, 0.29) is 0 Å². The smallest absolute Gasteiger partial charge is 0.0612 e. The number of nitrogens with one attached hydrogen (secondary N) is 1. The standard InChI is InChI=1S/C15H30N2O/c1-4-8-17(14-5-7-16-11-14)13-6-9-18-15(10-13)12(2)3/h12-16H,4-11H2,1-3H3. The van der Waals surface area contributed by atoms with Crippen molar-refractivity contribution in [2.45, 2.75) is 64.6 Å². The van der Waals surface area contributed by atoms with Gasteiger partial charge in [-0.3, -0.25) is 4.90 Å². The second kappa shape index (κ2) is 6.88. The first-order valence-electron chi connectivity index (χ1n) is 7.80. The Morgan fingerprint density at radius 3 is 2.72 bits per heavy atom. The predicted octanol–water partition coefficient (Wildman–Crippen LogP) is 2.26. The van der Waals surface area contributed by atoms with E-state index in [9.17, 15) is 0 Å². The van der Waals surface area contributed by atoms with Gasteiger partial charge >= 0.3 is 0 Å². The highest BCUT2D eigenvalue weighted by Crippen LogP contribution is 2.26. The van der Waals surface area contributed by atoms with Crippen molar-refractivity contribution in [2.75, 3.05) is 26.2 Å². The molecule has 2 aliphatic rings. The van der Waals surface area contributed by atoms with Crippen LogP contribution < -0.4 is 5.32 Å². The van der Waals surface area contributed by atoms with E-state index in [1.807, 2.05) is 0 Å². The molecule has 2 heterocycles. The van der Waals surface area contributed by atoms with Crippen LogP contribution in [0, 0.1) is 5.92 Å². The molecule has 2 aliphatic heterocycles. The molecule has 2 saturated heterocycles. The number of ether oxygens (including phenoxy) is 1. The van der Waals surface area contributed by atoms with E-state index < -0.39 is 0 Å². The molecule has 18 heavy (non-hydrogen) atoms. The fourth-order valence-corrected chi connectivity index (χ4v) is 3.42. The van der Waals surface area contributed by atoms with E-state index in [4.69, 9.17) is 4.74 Å². The van der Waals surface area contributed by atoms with Gasteiger partial charge in [0.25, 0.3) is 0 Å². The van der Waals surface area contributed by atoms with Crippen molar-refractivity contribution in [3.05, 3.63) is 0 Å². The van der Waals surface area contributed by atoms with Gasteiger partial charge in [-0.2, -0.15) is 0 Å². The Labute approximate surface area is 112 Å². The maximum absolute atomic E-state index is 5.92. The highest BCUT2D eigenvalue weighted by Gasteiger charge is 2.33. The van der Waals surface area contributed by atoms with Gasteiger partial charge < -0.3 is 10.1 Å². The molecule has 2 fully saturated rings. The minimum Gasteiger partial charge on any atom is -0.378 e. The van der Waals surface area contributed by atoms with Crippen LogP contribution >= 0.6 is 0 Å². The normalized spacial score (nSPS) is 33.5. The van der Waals surface area contributed by atoms with Crippen molar-refractivity contribution in [1.82, 2.24) is 10.2 Å². The molecule has 0 aromatic carbocycles. The fraction of sp³-hybridized carbons (Fsp3) is 1.00. The molecule has 3 heteroatoms. The average molecular weight is 254 g/mol. The van der Waals surface area contributed by atoms with Crippen LogP contribution in [-0.4, -0.2) is 49.3 Å². The summed E-state index contributed by atoms with van der Waals surface area (Å²) in [7, 11) is 0. The zero-order chi connectivity index (χ0) is 13.0. The van der Waals surface area contributed by atoms with E-state index in [2.05, 4.69) is 31.0 Å². The van der Waals surface area contributed by atoms with Crippen LogP contribution in [0.1, 0.15) is 46.5 Å². The Bertz CT molecular complexity index is 239. The molecule has 2 rings (SSSR count). The van der Waals surface area contributed by atoms with E-state index in [0.717, 1.165) is 18.7 Å². The summed E-state index contributed by atoms with van der Waals surface area (Å²) in [4.78, 5) is 2.78. The van der Waals surface area contributed by atoms with Gasteiger partial charge in [0.15, 0.2) is 0 Å². The van der Waals surface area contributed by atoms with Crippen molar-refractivity contribution in [1.29, 1.82) is 0 Å². The number of rotatable bonds is 5. The predicted molar refractivity (Wildman–Crippen MR) is 75.9 cm³/mol. The first-order chi connectivity index (χ1) is 8.72. The Balaban J connectivity index is 1.96. The highest BCUT2D eigenvalue weighted by molar-refractivity contribution is 4.88. The molecule has 0 bridgehead atoms. The van der Waals surface area contributed by atoms with E-state index in [1.165, 1.54) is 45.3 Å². The molecule has 1 N–H and O–H groups in total. The lowest BCUT2D eigenvalue weighted by molar-refractivity contribution is -0.0549. The Morgan fingerprint density at radius 2 is 2.11 bits per heavy atom. The number of hydrogen-bond acceptors (Lipinski definition) is 3.